The largest absolute Gasteiger partial charge is 0.496 e. The van der Waals surface area contributed by atoms with E-state index in [1.165, 1.54) is 19.4 Å². The molecule has 0 unspecified atom stereocenters. The number of nitro benzene ring substituents is 1. The Kier molecular flexibility index (Phi) is 7.65. The van der Waals surface area contributed by atoms with Crippen molar-refractivity contribution in [1.29, 1.82) is 0 Å². The quantitative estimate of drug-likeness (QED) is 0.221. The molecule has 11 nitrogen and oxygen atoms in total. The molecule has 0 amide bonds. The van der Waals surface area contributed by atoms with Crippen molar-refractivity contribution < 1.29 is 18.1 Å². The van der Waals surface area contributed by atoms with E-state index in [2.05, 4.69) is 9.97 Å². The number of hydrogen-bond acceptors (Lipinski definition) is 9. The first-order chi connectivity index (χ1) is 18.0. The van der Waals surface area contributed by atoms with Crippen molar-refractivity contribution in [3.05, 3.63) is 76.4 Å². The van der Waals surface area contributed by atoms with Gasteiger partial charge in [-0.05, 0) is 26.2 Å². The number of anilines is 1. The van der Waals surface area contributed by atoms with E-state index < -0.39 is 14.8 Å². The van der Waals surface area contributed by atoms with Crippen molar-refractivity contribution >= 4 is 32.1 Å². The fraction of sp³-hybridized carbons (Fsp3) is 0.308. The topological polar surface area (TPSA) is 124 Å². The number of rotatable bonds is 10. The van der Waals surface area contributed by atoms with E-state index in [-0.39, 0.29) is 17.0 Å². The van der Waals surface area contributed by atoms with Crippen LogP contribution in [0.5, 0.6) is 5.75 Å². The zero-order chi connectivity index (χ0) is 27.6. The van der Waals surface area contributed by atoms with Crippen LogP contribution in [-0.2, 0) is 16.3 Å². The lowest BCUT2D eigenvalue weighted by Gasteiger charge is -2.22. The fourth-order valence-corrected chi connectivity index (χ4v) is 5.13. The van der Waals surface area contributed by atoms with Gasteiger partial charge in [0.1, 0.15) is 23.1 Å². The maximum absolute atomic E-state index is 12.4. The number of nitro groups is 1. The maximum Gasteiger partial charge on any atom is 0.293 e. The van der Waals surface area contributed by atoms with E-state index in [1.807, 2.05) is 43.1 Å². The third-order valence-electron chi connectivity index (χ3n) is 6.23. The normalized spacial score (nSPS) is 11.7. The van der Waals surface area contributed by atoms with Crippen molar-refractivity contribution in [3.8, 4) is 11.6 Å². The van der Waals surface area contributed by atoms with E-state index in [0.717, 1.165) is 6.54 Å². The molecule has 200 valence electrons. The molecule has 38 heavy (non-hydrogen) atoms. The Morgan fingerprint density at radius 1 is 1.11 bits per heavy atom. The van der Waals surface area contributed by atoms with Crippen molar-refractivity contribution in [1.82, 2.24) is 19.4 Å². The highest BCUT2D eigenvalue weighted by atomic mass is 32.2. The van der Waals surface area contributed by atoms with Gasteiger partial charge in [0.2, 0.25) is 0 Å². The highest BCUT2D eigenvalue weighted by Crippen LogP contribution is 2.36. The van der Waals surface area contributed by atoms with Crippen LogP contribution in [0, 0.1) is 10.1 Å². The van der Waals surface area contributed by atoms with Crippen molar-refractivity contribution in [3.63, 3.8) is 0 Å². The predicted molar refractivity (Wildman–Crippen MR) is 146 cm³/mol. The molecule has 0 aliphatic rings. The van der Waals surface area contributed by atoms with Gasteiger partial charge in [0, 0.05) is 68.3 Å². The SMILES string of the molecule is COc1cc(N(C)CCN(C)C)c([N+](=O)[O-])cc1Cc1nccc(-n2cc(S(C)(=O)=O)c3ccccc32)n1. The van der Waals surface area contributed by atoms with Crippen LogP contribution in [0.3, 0.4) is 0 Å². The zero-order valence-corrected chi connectivity index (χ0v) is 22.8. The van der Waals surface area contributed by atoms with Crippen LogP contribution < -0.4 is 9.64 Å². The summed E-state index contributed by atoms with van der Waals surface area (Å²) in [6, 6.07) is 12.1. The fourth-order valence-electron chi connectivity index (χ4n) is 4.26. The molecule has 0 fully saturated rings. The molecule has 4 rings (SSSR count). The van der Waals surface area contributed by atoms with E-state index in [0.29, 0.717) is 46.1 Å². The molecular weight excluding hydrogens is 508 g/mol. The Labute approximate surface area is 221 Å². The highest BCUT2D eigenvalue weighted by molar-refractivity contribution is 7.91. The summed E-state index contributed by atoms with van der Waals surface area (Å²) in [6.45, 7) is 1.33. The van der Waals surface area contributed by atoms with Crippen LogP contribution >= 0.6 is 0 Å². The summed E-state index contributed by atoms with van der Waals surface area (Å²) in [4.78, 5) is 24.6. The number of fused-ring (bicyclic) bond motifs is 1. The van der Waals surface area contributed by atoms with Crippen molar-refractivity contribution in [2.75, 3.05) is 52.5 Å². The average Bonchev–Trinajstić information content (AvgIpc) is 3.27. The van der Waals surface area contributed by atoms with Gasteiger partial charge in [0.25, 0.3) is 5.69 Å². The minimum absolute atomic E-state index is 0.0348. The Bertz CT molecular complexity index is 1600. The summed E-state index contributed by atoms with van der Waals surface area (Å²) in [6.07, 6.45) is 4.48. The molecule has 0 saturated heterocycles. The minimum atomic E-state index is -3.47. The molecule has 0 N–H and O–H groups in total. The Morgan fingerprint density at radius 2 is 1.84 bits per heavy atom. The Hall–Kier alpha value is -4.03. The minimum Gasteiger partial charge on any atom is -0.496 e. The lowest BCUT2D eigenvalue weighted by molar-refractivity contribution is -0.384. The Balaban J connectivity index is 1.74. The number of methoxy groups -OCH3 is 1. The first-order valence-electron chi connectivity index (χ1n) is 11.8. The average molecular weight is 539 g/mol. The number of hydrogen-bond donors (Lipinski definition) is 0. The van der Waals surface area contributed by atoms with Gasteiger partial charge < -0.3 is 14.5 Å². The molecule has 12 heteroatoms. The standard InChI is InChI=1S/C26H30N6O5S/c1-29(2)12-13-30(3)21-16-23(37-4)18(14-22(21)32(33)34)15-25-27-11-10-26(28-25)31-17-24(38(5,35)36)19-8-6-7-9-20(19)31/h6-11,14,16-17H,12-13,15H2,1-5H3. The molecule has 0 aliphatic carbocycles. The first kappa shape index (κ1) is 27.0. The summed E-state index contributed by atoms with van der Waals surface area (Å²) in [5.41, 5.74) is 1.68. The number of sulfone groups is 1. The number of para-hydroxylation sites is 1. The molecular formula is C26H30N6O5S. The number of nitrogens with zero attached hydrogens (tertiary/aromatic N) is 6. The number of ether oxygens (including phenoxy) is 1. The lowest BCUT2D eigenvalue weighted by Crippen LogP contribution is -2.29. The van der Waals surface area contributed by atoms with E-state index in [1.54, 1.807) is 41.2 Å². The summed E-state index contributed by atoms with van der Waals surface area (Å²) in [5.74, 6) is 1.37. The molecule has 2 heterocycles. The summed E-state index contributed by atoms with van der Waals surface area (Å²) < 4.78 is 32.1. The van der Waals surface area contributed by atoms with Gasteiger partial charge in [0.05, 0.1) is 22.4 Å². The zero-order valence-electron chi connectivity index (χ0n) is 22.0. The smallest absolute Gasteiger partial charge is 0.293 e. The molecule has 0 bridgehead atoms. The van der Waals surface area contributed by atoms with Crippen LogP contribution in [0.15, 0.2) is 59.8 Å². The van der Waals surface area contributed by atoms with Gasteiger partial charge in [-0.3, -0.25) is 14.7 Å². The molecule has 2 aromatic heterocycles. The summed E-state index contributed by atoms with van der Waals surface area (Å²) >= 11 is 0. The van der Waals surface area contributed by atoms with Gasteiger partial charge in [0.15, 0.2) is 9.84 Å². The number of aromatic nitrogens is 3. The third kappa shape index (κ3) is 5.60. The van der Waals surface area contributed by atoms with E-state index in [4.69, 9.17) is 4.74 Å². The Morgan fingerprint density at radius 3 is 2.50 bits per heavy atom. The van der Waals surface area contributed by atoms with Crippen molar-refractivity contribution in [2.24, 2.45) is 0 Å². The highest BCUT2D eigenvalue weighted by Gasteiger charge is 2.23. The number of benzene rings is 2. The monoisotopic (exact) mass is 538 g/mol. The first-order valence-corrected chi connectivity index (χ1v) is 13.7. The molecule has 4 aromatic rings. The van der Waals surface area contributed by atoms with Gasteiger partial charge in [-0.2, -0.15) is 0 Å². The molecule has 2 aromatic carbocycles. The summed E-state index contributed by atoms with van der Waals surface area (Å²) in [7, 11) is 3.74. The second-order valence-corrected chi connectivity index (χ2v) is 11.3. The van der Waals surface area contributed by atoms with E-state index >= 15 is 0 Å². The van der Waals surface area contributed by atoms with Gasteiger partial charge in [-0.25, -0.2) is 18.4 Å². The van der Waals surface area contributed by atoms with Crippen LogP contribution in [-0.4, -0.2) is 80.4 Å². The van der Waals surface area contributed by atoms with Gasteiger partial charge >= 0.3 is 0 Å². The predicted octanol–water partition coefficient (Wildman–Crippen LogP) is 3.33. The van der Waals surface area contributed by atoms with Gasteiger partial charge in [-0.15, -0.1) is 0 Å². The molecule has 0 atom stereocenters. The molecule has 0 spiro atoms. The van der Waals surface area contributed by atoms with Crippen LogP contribution in [0.4, 0.5) is 11.4 Å². The summed E-state index contributed by atoms with van der Waals surface area (Å²) in [5, 5.41) is 12.6. The second-order valence-electron chi connectivity index (χ2n) is 9.30. The maximum atomic E-state index is 12.4. The lowest BCUT2D eigenvalue weighted by atomic mass is 10.1. The molecule has 0 aliphatic heterocycles. The third-order valence-corrected chi connectivity index (χ3v) is 7.35. The van der Waals surface area contributed by atoms with E-state index in [9.17, 15) is 18.5 Å². The molecule has 0 radical (unpaired) electrons. The number of likely N-dealkylation sites (N-methyl/N-ethyl adjacent to an activating group) is 2. The second kappa shape index (κ2) is 10.8. The van der Waals surface area contributed by atoms with Crippen LogP contribution in [0.25, 0.3) is 16.7 Å². The van der Waals surface area contributed by atoms with Crippen LogP contribution in [0.2, 0.25) is 0 Å². The van der Waals surface area contributed by atoms with Gasteiger partial charge in [-0.1, -0.05) is 18.2 Å². The molecule has 0 saturated carbocycles. The van der Waals surface area contributed by atoms with Crippen molar-refractivity contribution in [2.45, 2.75) is 11.3 Å². The van der Waals surface area contributed by atoms with Crippen LogP contribution in [0.1, 0.15) is 11.4 Å².